The van der Waals surface area contributed by atoms with Gasteiger partial charge in [0.2, 0.25) is 5.13 Å². The van der Waals surface area contributed by atoms with Gasteiger partial charge in [-0.25, -0.2) is 0 Å². The van der Waals surface area contributed by atoms with E-state index in [0.29, 0.717) is 23.1 Å². The van der Waals surface area contributed by atoms with Crippen molar-refractivity contribution in [3.05, 3.63) is 29.8 Å². The summed E-state index contributed by atoms with van der Waals surface area (Å²) in [6.45, 7) is 2.58. The number of aromatic nitrogens is 3. The minimum Gasteiger partial charge on any atom is -0.493 e. The lowest BCUT2D eigenvalue weighted by atomic mass is 10.2. The molecule has 0 bridgehead atoms. The van der Waals surface area contributed by atoms with Crippen LogP contribution in [-0.2, 0) is 0 Å². The molecule has 2 rings (SSSR count). The summed E-state index contributed by atoms with van der Waals surface area (Å²) in [6, 6.07) is 7.08. The zero-order valence-electron chi connectivity index (χ0n) is 9.79. The highest BCUT2D eigenvalue weighted by molar-refractivity contribution is 7.09. The molecule has 0 saturated heterocycles. The third-order valence-electron chi connectivity index (χ3n) is 2.11. The van der Waals surface area contributed by atoms with Crippen LogP contribution in [0.3, 0.4) is 0 Å². The molecule has 0 saturated carbocycles. The summed E-state index contributed by atoms with van der Waals surface area (Å²) in [6.07, 6.45) is 0.885. The minimum atomic E-state index is -0.278. The SMILES string of the molecule is CCCOc1ccccc1C(=O)Nc1nnns1. The largest absolute Gasteiger partial charge is 0.493 e. The number of ether oxygens (including phenoxy) is 1. The lowest BCUT2D eigenvalue weighted by molar-refractivity contribution is 0.102. The highest BCUT2D eigenvalue weighted by atomic mass is 32.1. The molecule has 1 heterocycles. The fraction of sp³-hybridized carbons (Fsp3) is 0.273. The second kappa shape index (κ2) is 6.06. The van der Waals surface area contributed by atoms with Gasteiger partial charge in [-0.15, -0.1) is 0 Å². The molecule has 0 atom stereocenters. The molecular weight excluding hydrogens is 252 g/mol. The average molecular weight is 264 g/mol. The standard InChI is InChI=1S/C11H12N4O2S/c1-2-7-17-9-6-4-3-5-8(9)10(16)12-11-13-14-15-18-11/h3-6H,2,7H2,1H3,(H,12,13,15,16). The van der Waals surface area contributed by atoms with Crippen LogP contribution >= 0.6 is 11.5 Å². The maximum Gasteiger partial charge on any atom is 0.261 e. The minimum absolute atomic E-state index is 0.278. The fourth-order valence-electron chi connectivity index (χ4n) is 1.34. The van der Waals surface area contributed by atoms with E-state index in [4.69, 9.17) is 4.74 Å². The number of benzene rings is 1. The first kappa shape index (κ1) is 12.4. The molecule has 0 fully saturated rings. The van der Waals surface area contributed by atoms with E-state index in [9.17, 15) is 4.79 Å². The van der Waals surface area contributed by atoms with Gasteiger partial charge in [0.25, 0.3) is 5.91 Å². The number of carbonyl (C=O) groups is 1. The van der Waals surface area contributed by atoms with Crippen molar-refractivity contribution in [2.24, 2.45) is 0 Å². The fourth-order valence-corrected chi connectivity index (χ4v) is 1.70. The van der Waals surface area contributed by atoms with Gasteiger partial charge in [-0.05, 0) is 23.8 Å². The van der Waals surface area contributed by atoms with Crippen molar-refractivity contribution in [1.82, 2.24) is 14.8 Å². The van der Waals surface area contributed by atoms with Crippen LogP contribution in [0.25, 0.3) is 0 Å². The van der Waals surface area contributed by atoms with Gasteiger partial charge in [-0.3, -0.25) is 10.1 Å². The third-order valence-corrected chi connectivity index (χ3v) is 2.62. The Hall–Kier alpha value is -2.02. The van der Waals surface area contributed by atoms with Crippen LogP contribution in [-0.4, -0.2) is 27.3 Å². The number of para-hydroxylation sites is 1. The van der Waals surface area contributed by atoms with Gasteiger partial charge in [0.15, 0.2) is 0 Å². The van der Waals surface area contributed by atoms with Crippen molar-refractivity contribution >= 4 is 22.6 Å². The quantitative estimate of drug-likeness (QED) is 0.893. The molecule has 0 aliphatic rings. The van der Waals surface area contributed by atoms with Crippen LogP contribution < -0.4 is 10.1 Å². The number of carbonyl (C=O) groups excluding carboxylic acids is 1. The van der Waals surface area contributed by atoms with E-state index in [1.54, 1.807) is 18.2 Å². The van der Waals surface area contributed by atoms with E-state index in [0.717, 1.165) is 18.0 Å². The number of nitrogens with one attached hydrogen (secondary N) is 1. The van der Waals surface area contributed by atoms with Crippen LogP contribution in [0.1, 0.15) is 23.7 Å². The molecule has 0 radical (unpaired) electrons. The predicted molar refractivity (Wildman–Crippen MR) is 67.9 cm³/mol. The molecular formula is C11H12N4O2S. The van der Waals surface area contributed by atoms with Crippen molar-refractivity contribution in [3.8, 4) is 5.75 Å². The first-order valence-electron chi connectivity index (χ1n) is 5.49. The normalized spacial score (nSPS) is 10.1. The van der Waals surface area contributed by atoms with Gasteiger partial charge in [0, 0.05) is 11.5 Å². The Balaban J connectivity index is 2.13. The van der Waals surface area contributed by atoms with E-state index >= 15 is 0 Å². The Kier molecular flexibility index (Phi) is 4.19. The van der Waals surface area contributed by atoms with Crippen LogP contribution in [0.15, 0.2) is 24.3 Å². The first-order chi connectivity index (χ1) is 8.81. The number of rotatable bonds is 5. The van der Waals surface area contributed by atoms with Gasteiger partial charge in [0.05, 0.1) is 12.2 Å². The molecule has 2 aromatic rings. The Morgan fingerprint density at radius 3 is 3.00 bits per heavy atom. The third kappa shape index (κ3) is 3.01. The number of anilines is 1. The summed E-state index contributed by atoms with van der Waals surface area (Å²) < 4.78 is 9.09. The molecule has 1 aromatic heterocycles. The Labute approximate surface area is 108 Å². The van der Waals surface area contributed by atoms with Crippen LogP contribution in [0.2, 0.25) is 0 Å². The number of nitrogens with zero attached hydrogens (tertiary/aromatic N) is 3. The summed E-state index contributed by atoms with van der Waals surface area (Å²) in [5, 5.41) is 10.1. The lowest BCUT2D eigenvalue weighted by Crippen LogP contribution is -2.13. The maximum absolute atomic E-state index is 12.0. The van der Waals surface area contributed by atoms with E-state index < -0.39 is 0 Å². The smallest absolute Gasteiger partial charge is 0.261 e. The van der Waals surface area contributed by atoms with Crippen molar-refractivity contribution in [1.29, 1.82) is 0 Å². The van der Waals surface area contributed by atoms with Gasteiger partial charge < -0.3 is 4.74 Å². The second-order valence-electron chi connectivity index (χ2n) is 3.47. The van der Waals surface area contributed by atoms with Gasteiger partial charge in [-0.2, -0.15) is 0 Å². The Morgan fingerprint density at radius 2 is 2.28 bits per heavy atom. The van der Waals surface area contributed by atoms with Crippen molar-refractivity contribution in [2.45, 2.75) is 13.3 Å². The summed E-state index contributed by atoms with van der Waals surface area (Å²) in [7, 11) is 0. The second-order valence-corrected chi connectivity index (χ2v) is 4.20. The monoisotopic (exact) mass is 264 g/mol. The highest BCUT2D eigenvalue weighted by Crippen LogP contribution is 2.19. The summed E-state index contributed by atoms with van der Waals surface area (Å²) in [4.78, 5) is 12.0. The van der Waals surface area contributed by atoms with Crippen molar-refractivity contribution in [2.75, 3.05) is 11.9 Å². The molecule has 6 nitrogen and oxygen atoms in total. The molecule has 1 aromatic carbocycles. The van der Waals surface area contributed by atoms with Crippen LogP contribution in [0.4, 0.5) is 5.13 Å². The molecule has 0 aliphatic heterocycles. The van der Waals surface area contributed by atoms with E-state index in [2.05, 4.69) is 20.1 Å². The van der Waals surface area contributed by atoms with Gasteiger partial charge >= 0.3 is 0 Å². The molecule has 0 aliphatic carbocycles. The van der Waals surface area contributed by atoms with E-state index in [1.165, 1.54) is 0 Å². The zero-order valence-corrected chi connectivity index (χ0v) is 10.6. The molecule has 0 unspecified atom stereocenters. The zero-order chi connectivity index (χ0) is 12.8. The highest BCUT2D eigenvalue weighted by Gasteiger charge is 2.13. The number of amides is 1. The van der Waals surface area contributed by atoms with Gasteiger partial charge in [-0.1, -0.05) is 28.6 Å². The topological polar surface area (TPSA) is 77.0 Å². The van der Waals surface area contributed by atoms with Crippen LogP contribution in [0, 0.1) is 0 Å². The molecule has 94 valence electrons. The molecule has 1 N–H and O–H groups in total. The van der Waals surface area contributed by atoms with E-state index in [1.807, 2.05) is 13.0 Å². The predicted octanol–water partition coefficient (Wildman–Crippen LogP) is 1.97. The van der Waals surface area contributed by atoms with Gasteiger partial charge in [0.1, 0.15) is 5.75 Å². The van der Waals surface area contributed by atoms with Crippen LogP contribution in [0.5, 0.6) is 5.75 Å². The number of hydrogen-bond acceptors (Lipinski definition) is 6. The summed E-state index contributed by atoms with van der Waals surface area (Å²) in [5.74, 6) is 0.287. The summed E-state index contributed by atoms with van der Waals surface area (Å²) >= 11 is 1.02. The Morgan fingerprint density at radius 1 is 1.44 bits per heavy atom. The molecule has 18 heavy (non-hydrogen) atoms. The average Bonchev–Trinajstić information content (AvgIpc) is 2.89. The van der Waals surface area contributed by atoms with Crippen molar-refractivity contribution < 1.29 is 9.53 Å². The Bertz CT molecular complexity index is 516. The number of hydrogen-bond donors (Lipinski definition) is 1. The summed E-state index contributed by atoms with van der Waals surface area (Å²) in [5.41, 5.74) is 0.473. The lowest BCUT2D eigenvalue weighted by Gasteiger charge is -2.09. The van der Waals surface area contributed by atoms with E-state index in [-0.39, 0.29) is 5.91 Å². The molecule has 1 amide bonds. The first-order valence-corrected chi connectivity index (χ1v) is 6.27. The molecule has 0 spiro atoms. The molecule has 7 heteroatoms. The van der Waals surface area contributed by atoms with Crippen molar-refractivity contribution in [3.63, 3.8) is 0 Å². The maximum atomic E-state index is 12.0.